The minimum absolute atomic E-state index is 0.0176. The molecule has 0 saturated carbocycles. The lowest BCUT2D eigenvalue weighted by molar-refractivity contribution is -0.122. The van der Waals surface area contributed by atoms with Crippen molar-refractivity contribution in [2.45, 2.75) is 19.9 Å². The van der Waals surface area contributed by atoms with Crippen LogP contribution in [0.4, 0.5) is 11.5 Å². The average Bonchev–Trinajstić information content (AvgIpc) is 2.86. The number of hydrogen-bond donors (Lipinski definition) is 2. The first-order chi connectivity index (χ1) is 16.9. The Bertz CT molecular complexity index is 1370. The molecule has 1 unspecified atom stereocenters. The van der Waals surface area contributed by atoms with E-state index in [4.69, 9.17) is 15.2 Å². The van der Waals surface area contributed by atoms with Crippen LogP contribution in [0.3, 0.4) is 0 Å². The van der Waals surface area contributed by atoms with E-state index in [0.29, 0.717) is 11.6 Å². The Kier molecular flexibility index (Phi) is 7.45. The van der Waals surface area contributed by atoms with E-state index in [1.807, 2.05) is 68.5 Å². The van der Waals surface area contributed by atoms with Crippen LogP contribution < -0.4 is 15.8 Å². The summed E-state index contributed by atoms with van der Waals surface area (Å²) in [5.74, 6) is 1.92. The van der Waals surface area contributed by atoms with Gasteiger partial charge in [0, 0.05) is 23.9 Å². The Morgan fingerprint density at radius 2 is 1.94 bits per heavy atom. The van der Waals surface area contributed by atoms with Gasteiger partial charge in [-0.3, -0.25) is 9.78 Å². The van der Waals surface area contributed by atoms with Crippen LogP contribution in [0, 0.1) is 13.8 Å². The normalized spacial score (nSPS) is 12.1. The minimum atomic E-state index is -0.727. The zero-order valence-electron chi connectivity index (χ0n) is 19.9. The summed E-state index contributed by atoms with van der Waals surface area (Å²) in [6.45, 7) is 3.90. The number of benzene rings is 2. The Morgan fingerprint density at radius 3 is 2.69 bits per heavy atom. The number of anilines is 2. The first-order valence-electron chi connectivity index (χ1n) is 11.1. The number of fused-ring (bicyclic) bond motifs is 1. The molecule has 3 N–H and O–H groups in total. The third-order valence-corrected chi connectivity index (χ3v) is 5.36. The molecule has 178 valence electrons. The van der Waals surface area contributed by atoms with Crippen molar-refractivity contribution in [2.75, 3.05) is 19.0 Å². The summed E-state index contributed by atoms with van der Waals surface area (Å²) in [5, 5.41) is 4.22. The van der Waals surface area contributed by atoms with Gasteiger partial charge in [0.2, 0.25) is 0 Å². The van der Waals surface area contributed by atoms with Gasteiger partial charge in [0.15, 0.2) is 5.78 Å². The molecule has 0 fully saturated rings. The van der Waals surface area contributed by atoms with E-state index in [-0.39, 0.29) is 12.4 Å². The summed E-state index contributed by atoms with van der Waals surface area (Å²) in [6, 6.07) is 14.7. The summed E-state index contributed by atoms with van der Waals surface area (Å²) >= 11 is 0. The highest BCUT2D eigenvalue weighted by Crippen LogP contribution is 2.30. The van der Waals surface area contributed by atoms with Gasteiger partial charge in [-0.25, -0.2) is 9.97 Å². The standard InChI is InChI=1S/C27H27N5O3/c1-17-12-20(7-11-26(17)35-21-8-4-18(2)29-14-21)32-27-22-13-19(6-10-24(22)30-16-31-27)5-9-23(28)25(33)15-34-3/h4-14,16,23H,15,28H2,1-3H3,(H,30,31,32). The zero-order chi connectivity index (χ0) is 24.8. The van der Waals surface area contributed by atoms with Gasteiger partial charge in [0.25, 0.3) is 0 Å². The van der Waals surface area contributed by atoms with Crippen molar-refractivity contribution in [3.63, 3.8) is 0 Å². The number of nitrogens with one attached hydrogen (secondary N) is 1. The molecule has 4 rings (SSSR count). The number of nitrogens with zero attached hydrogens (tertiary/aromatic N) is 3. The van der Waals surface area contributed by atoms with Gasteiger partial charge >= 0.3 is 0 Å². The third-order valence-electron chi connectivity index (χ3n) is 5.36. The van der Waals surface area contributed by atoms with Crippen molar-refractivity contribution in [1.29, 1.82) is 0 Å². The number of ketones is 1. The van der Waals surface area contributed by atoms with Crippen LogP contribution in [0.1, 0.15) is 16.8 Å². The van der Waals surface area contributed by atoms with Crippen LogP contribution in [0.15, 0.2) is 67.1 Å². The maximum atomic E-state index is 11.9. The molecule has 8 heteroatoms. The molecule has 1 atom stereocenters. The second kappa shape index (κ2) is 10.9. The highest BCUT2D eigenvalue weighted by molar-refractivity contribution is 5.92. The number of carbonyl (C=O) groups is 1. The number of nitrogens with two attached hydrogens (primary N) is 1. The lowest BCUT2D eigenvalue weighted by Gasteiger charge is -2.13. The Labute approximate surface area is 203 Å². The van der Waals surface area contributed by atoms with E-state index in [2.05, 4.69) is 20.3 Å². The summed E-state index contributed by atoms with van der Waals surface area (Å²) in [5.41, 5.74) is 10.3. The predicted molar refractivity (Wildman–Crippen MR) is 137 cm³/mol. The van der Waals surface area contributed by atoms with E-state index in [9.17, 15) is 4.79 Å². The Hall–Kier alpha value is -4.14. The fraction of sp³-hybridized carbons (Fsp3) is 0.185. The van der Waals surface area contributed by atoms with Crippen LogP contribution in [0.25, 0.3) is 17.0 Å². The van der Waals surface area contributed by atoms with Crippen molar-refractivity contribution in [3.05, 3.63) is 84.0 Å². The molecule has 0 spiro atoms. The van der Waals surface area contributed by atoms with Gasteiger partial charge in [-0.15, -0.1) is 0 Å². The highest BCUT2D eigenvalue weighted by atomic mass is 16.5. The number of carbonyl (C=O) groups excluding carboxylic acids is 1. The maximum Gasteiger partial charge on any atom is 0.178 e. The van der Waals surface area contributed by atoms with Crippen molar-refractivity contribution in [2.24, 2.45) is 5.73 Å². The monoisotopic (exact) mass is 469 g/mol. The van der Waals surface area contributed by atoms with Gasteiger partial charge in [-0.05, 0) is 67.4 Å². The van der Waals surface area contributed by atoms with E-state index in [1.54, 1.807) is 12.3 Å². The van der Waals surface area contributed by atoms with Crippen molar-refractivity contribution in [3.8, 4) is 11.5 Å². The predicted octanol–water partition coefficient (Wildman–Crippen LogP) is 4.73. The first-order valence-corrected chi connectivity index (χ1v) is 11.1. The molecule has 35 heavy (non-hydrogen) atoms. The molecular weight excluding hydrogens is 442 g/mol. The number of hydrogen-bond acceptors (Lipinski definition) is 8. The minimum Gasteiger partial charge on any atom is -0.455 e. The SMILES string of the molecule is COCC(=O)C(N)C=Cc1ccc2ncnc(Nc3ccc(Oc4ccc(C)nc4)c(C)c3)c2c1. The van der Waals surface area contributed by atoms with Gasteiger partial charge in [-0.1, -0.05) is 18.2 Å². The number of methoxy groups -OCH3 is 1. The van der Waals surface area contributed by atoms with E-state index in [1.165, 1.54) is 13.4 Å². The smallest absolute Gasteiger partial charge is 0.178 e. The van der Waals surface area contributed by atoms with Gasteiger partial charge in [0.05, 0.1) is 17.8 Å². The van der Waals surface area contributed by atoms with Crippen LogP contribution in [0.5, 0.6) is 11.5 Å². The van der Waals surface area contributed by atoms with Crippen LogP contribution in [0.2, 0.25) is 0 Å². The molecule has 0 bridgehead atoms. The maximum absolute atomic E-state index is 11.9. The van der Waals surface area contributed by atoms with Gasteiger partial charge in [0.1, 0.15) is 30.3 Å². The van der Waals surface area contributed by atoms with Crippen molar-refractivity contribution < 1.29 is 14.3 Å². The molecule has 2 heterocycles. The molecule has 2 aromatic heterocycles. The number of rotatable bonds is 9. The molecule has 2 aromatic carbocycles. The average molecular weight is 470 g/mol. The van der Waals surface area contributed by atoms with Gasteiger partial charge < -0.3 is 20.5 Å². The summed E-state index contributed by atoms with van der Waals surface area (Å²) in [7, 11) is 1.47. The molecule has 0 saturated heterocycles. The van der Waals surface area contributed by atoms with Crippen LogP contribution >= 0.6 is 0 Å². The number of aryl methyl sites for hydroxylation is 2. The fourth-order valence-corrected chi connectivity index (χ4v) is 3.46. The lowest BCUT2D eigenvalue weighted by Crippen LogP contribution is -2.31. The lowest BCUT2D eigenvalue weighted by atomic mass is 10.1. The number of pyridine rings is 1. The number of ether oxygens (including phenoxy) is 2. The highest BCUT2D eigenvalue weighted by Gasteiger charge is 2.10. The zero-order valence-corrected chi connectivity index (χ0v) is 19.9. The number of Topliss-reactive ketones (excluding diaryl/α,β-unsaturated/α-hetero) is 1. The first kappa shape index (κ1) is 24.0. The summed E-state index contributed by atoms with van der Waals surface area (Å²) in [6.07, 6.45) is 6.70. The number of aromatic nitrogens is 3. The Morgan fingerprint density at radius 1 is 1.09 bits per heavy atom. The van der Waals surface area contributed by atoms with Gasteiger partial charge in [-0.2, -0.15) is 0 Å². The van der Waals surface area contributed by atoms with Crippen LogP contribution in [-0.4, -0.2) is 40.5 Å². The second-order valence-electron chi connectivity index (χ2n) is 8.13. The third kappa shape index (κ3) is 6.06. The van der Waals surface area contributed by atoms with Crippen molar-refractivity contribution >= 4 is 34.3 Å². The van der Waals surface area contributed by atoms with Crippen LogP contribution in [-0.2, 0) is 9.53 Å². The molecule has 0 aliphatic rings. The molecular formula is C27H27N5O3. The quantitative estimate of drug-likeness (QED) is 0.362. The molecule has 0 aliphatic carbocycles. The van der Waals surface area contributed by atoms with E-state index >= 15 is 0 Å². The molecule has 0 aliphatic heterocycles. The fourth-order valence-electron chi connectivity index (χ4n) is 3.46. The summed E-state index contributed by atoms with van der Waals surface area (Å²) < 4.78 is 10.8. The van der Waals surface area contributed by atoms with Crippen molar-refractivity contribution in [1.82, 2.24) is 15.0 Å². The van der Waals surface area contributed by atoms with E-state index in [0.717, 1.165) is 39.2 Å². The second-order valence-corrected chi connectivity index (χ2v) is 8.13. The summed E-state index contributed by atoms with van der Waals surface area (Å²) in [4.78, 5) is 24.9. The molecule has 0 amide bonds. The Balaban J connectivity index is 1.54. The largest absolute Gasteiger partial charge is 0.455 e. The topological polar surface area (TPSA) is 112 Å². The molecule has 4 aromatic rings. The molecule has 8 nitrogen and oxygen atoms in total. The molecule has 0 radical (unpaired) electrons. The van der Waals surface area contributed by atoms with E-state index < -0.39 is 6.04 Å².